The molecule has 0 radical (unpaired) electrons. The lowest BCUT2D eigenvalue weighted by Gasteiger charge is -1.93. The third-order valence-corrected chi connectivity index (χ3v) is 1.86. The van der Waals surface area contributed by atoms with Gasteiger partial charge < -0.3 is 0 Å². The topological polar surface area (TPSA) is 67.2 Å². The van der Waals surface area contributed by atoms with Crippen LogP contribution in [0.3, 0.4) is 0 Å². The number of carbonyl (C=O) groups is 1. The lowest BCUT2D eigenvalue weighted by atomic mass is 10.3. The number of carbonyl (C=O) groups excluding carboxylic acids is 1. The van der Waals surface area contributed by atoms with Crippen molar-refractivity contribution in [3.63, 3.8) is 0 Å². The Morgan fingerprint density at radius 1 is 1.54 bits per heavy atom. The van der Waals surface area contributed by atoms with Gasteiger partial charge in [0.05, 0.1) is 5.56 Å². The molecule has 2 heterocycles. The first-order valence-corrected chi connectivity index (χ1v) is 3.83. The summed E-state index contributed by atoms with van der Waals surface area (Å²) < 4.78 is 1.22. The maximum Gasteiger partial charge on any atom is 0.347 e. The number of rotatable bonds is 1. The molecule has 2 aromatic heterocycles. The van der Waals surface area contributed by atoms with Crippen molar-refractivity contribution in [3.8, 4) is 0 Å². The van der Waals surface area contributed by atoms with Crippen molar-refractivity contribution >= 4 is 22.5 Å². The van der Waals surface area contributed by atoms with E-state index in [-0.39, 0.29) is 5.56 Å². The van der Waals surface area contributed by atoms with Gasteiger partial charge in [-0.1, -0.05) is 0 Å². The van der Waals surface area contributed by atoms with Crippen LogP contribution in [0.4, 0.5) is 0 Å². The van der Waals surface area contributed by atoms with E-state index in [1.54, 1.807) is 0 Å². The number of aromatic amines is 1. The minimum atomic E-state index is -0.602. The monoisotopic (exact) mass is 197 g/mol. The molecule has 0 unspecified atom stereocenters. The van der Waals surface area contributed by atoms with Gasteiger partial charge in [0.1, 0.15) is 0 Å². The molecule has 0 atom stereocenters. The molecule has 13 heavy (non-hydrogen) atoms. The summed E-state index contributed by atoms with van der Waals surface area (Å²) in [5.74, 6) is 0. The predicted molar refractivity (Wildman–Crippen MR) is 46.0 cm³/mol. The van der Waals surface area contributed by atoms with E-state index in [4.69, 9.17) is 11.6 Å². The Hall–Kier alpha value is -1.62. The predicted octanol–water partition coefficient (Wildman–Crippen LogP) is 0.402. The zero-order valence-corrected chi connectivity index (χ0v) is 7.08. The zero-order valence-electron chi connectivity index (χ0n) is 6.32. The number of pyridine rings is 1. The van der Waals surface area contributed by atoms with Crippen LogP contribution < -0.4 is 5.69 Å². The number of fused-ring (bicyclic) bond motifs is 1. The SMILES string of the molecule is O=C(Cl)c1ccc2n[nH]c(=O)n2c1. The van der Waals surface area contributed by atoms with Gasteiger partial charge in [0.25, 0.3) is 5.24 Å². The third kappa shape index (κ3) is 1.23. The molecule has 0 spiro atoms. The number of H-pyrrole nitrogens is 1. The Balaban J connectivity index is 2.80. The molecule has 0 aliphatic heterocycles. The molecule has 0 saturated heterocycles. The molecule has 0 amide bonds. The summed E-state index contributed by atoms with van der Waals surface area (Å²) in [7, 11) is 0. The number of hydrogen-bond acceptors (Lipinski definition) is 3. The summed E-state index contributed by atoms with van der Waals surface area (Å²) >= 11 is 5.24. The van der Waals surface area contributed by atoms with Crippen LogP contribution in [-0.4, -0.2) is 19.8 Å². The van der Waals surface area contributed by atoms with E-state index in [2.05, 4.69) is 10.2 Å². The summed E-state index contributed by atoms with van der Waals surface area (Å²) in [5, 5.41) is 5.33. The molecular formula is C7H4ClN3O2. The lowest BCUT2D eigenvalue weighted by molar-refractivity contribution is 0.108. The minimum absolute atomic E-state index is 0.262. The van der Waals surface area contributed by atoms with Gasteiger partial charge in [-0.15, -0.1) is 0 Å². The summed E-state index contributed by atoms with van der Waals surface area (Å²) in [6, 6.07) is 3.04. The summed E-state index contributed by atoms with van der Waals surface area (Å²) in [5.41, 5.74) is 0.319. The first kappa shape index (κ1) is 8.00. The fourth-order valence-electron chi connectivity index (χ4n) is 1.02. The molecule has 0 aromatic carbocycles. The highest BCUT2D eigenvalue weighted by Gasteiger charge is 2.04. The highest BCUT2D eigenvalue weighted by Crippen LogP contribution is 2.04. The lowest BCUT2D eigenvalue weighted by Crippen LogP contribution is -2.09. The second kappa shape index (κ2) is 2.70. The Morgan fingerprint density at radius 2 is 2.31 bits per heavy atom. The summed E-state index contributed by atoms with van der Waals surface area (Å²) in [4.78, 5) is 21.8. The summed E-state index contributed by atoms with van der Waals surface area (Å²) in [6.45, 7) is 0. The Kier molecular flexibility index (Phi) is 1.66. The number of halogens is 1. The molecule has 0 aliphatic rings. The molecular weight excluding hydrogens is 194 g/mol. The summed E-state index contributed by atoms with van der Waals surface area (Å²) in [6.07, 6.45) is 1.34. The van der Waals surface area contributed by atoms with Crippen molar-refractivity contribution in [2.75, 3.05) is 0 Å². The average molecular weight is 198 g/mol. The first-order chi connectivity index (χ1) is 6.18. The van der Waals surface area contributed by atoms with E-state index < -0.39 is 10.9 Å². The number of nitrogens with zero attached hydrogens (tertiary/aromatic N) is 2. The van der Waals surface area contributed by atoms with Gasteiger partial charge in [-0.05, 0) is 23.7 Å². The average Bonchev–Trinajstić information content (AvgIpc) is 2.47. The van der Waals surface area contributed by atoms with Crippen molar-refractivity contribution in [2.24, 2.45) is 0 Å². The fraction of sp³-hybridized carbons (Fsp3) is 0. The fourth-order valence-corrected chi connectivity index (χ4v) is 1.13. The van der Waals surface area contributed by atoms with E-state index in [0.29, 0.717) is 5.65 Å². The van der Waals surface area contributed by atoms with E-state index in [9.17, 15) is 9.59 Å². The second-order valence-corrected chi connectivity index (χ2v) is 2.79. The molecule has 1 N–H and O–H groups in total. The number of hydrogen-bond donors (Lipinski definition) is 1. The van der Waals surface area contributed by atoms with Crippen molar-refractivity contribution < 1.29 is 4.79 Å². The number of aromatic nitrogens is 3. The van der Waals surface area contributed by atoms with Gasteiger partial charge >= 0.3 is 5.69 Å². The Bertz CT molecular complexity index is 528. The normalized spacial score (nSPS) is 10.5. The van der Waals surface area contributed by atoms with E-state index in [1.807, 2.05) is 0 Å². The van der Waals surface area contributed by atoms with Gasteiger partial charge in [0.2, 0.25) is 0 Å². The van der Waals surface area contributed by atoms with E-state index >= 15 is 0 Å². The van der Waals surface area contributed by atoms with E-state index in [0.717, 1.165) is 0 Å². The first-order valence-electron chi connectivity index (χ1n) is 3.45. The number of nitrogens with one attached hydrogen (secondary N) is 1. The zero-order chi connectivity index (χ0) is 9.42. The van der Waals surface area contributed by atoms with Crippen LogP contribution in [0, 0.1) is 0 Å². The van der Waals surface area contributed by atoms with Crippen molar-refractivity contribution in [1.29, 1.82) is 0 Å². The maximum absolute atomic E-state index is 11.0. The largest absolute Gasteiger partial charge is 0.347 e. The highest BCUT2D eigenvalue weighted by atomic mass is 35.5. The van der Waals surface area contributed by atoms with Gasteiger partial charge in [0.15, 0.2) is 5.65 Å². The molecule has 66 valence electrons. The molecule has 2 aromatic rings. The van der Waals surface area contributed by atoms with Gasteiger partial charge in [-0.3, -0.25) is 4.79 Å². The molecule has 0 bridgehead atoms. The van der Waals surface area contributed by atoms with Crippen LogP contribution in [0.1, 0.15) is 10.4 Å². The van der Waals surface area contributed by atoms with Crippen LogP contribution in [0.25, 0.3) is 5.65 Å². The van der Waals surface area contributed by atoms with Gasteiger partial charge in [0, 0.05) is 6.20 Å². The molecule has 0 aliphatic carbocycles. The quantitative estimate of drug-likeness (QED) is 0.673. The standard InChI is InChI=1S/C7H4ClN3O2/c8-6(12)4-1-2-5-9-10-7(13)11(5)3-4/h1-3H,(H,10,13). The molecule has 2 rings (SSSR count). The Labute approximate surface area is 76.9 Å². The van der Waals surface area contributed by atoms with Crippen LogP contribution in [0.2, 0.25) is 0 Å². The molecule has 6 heteroatoms. The van der Waals surface area contributed by atoms with Gasteiger partial charge in [-0.25, -0.2) is 14.3 Å². The second-order valence-electron chi connectivity index (χ2n) is 2.45. The van der Waals surface area contributed by atoms with Crippen LogP contribution >= 0.6 is 11.6 Å². The Morgan fingerprint density at radius 3 is 3.00 bits per heavy atom. The van der Waals surface area contributed by atoms with Crippen LogP contribution in [0.5, 0.6) is 0 Å². The van der Waals surface area contributed by atoms with Crippen LogP contribution in [0.15, 0.2) is 23.1 Å². The smallest absolute Gasteiger partial charge is 0.276 e. The van der Waals surface area contributed by atoms with Crippen molar-refractivity contribution in [3.05, 3.63) is 34.4 Å². The van der Waals surface area contributed by atoms with Crippen molar-refractivity contribution in [1.82, 2.24) is 14.6 Å². The van der Waals surface area contributed by atoms with Crippen molar-refractivity contribution in [2.45, 2.75) is 0 Å². The van der Waals surface area contributed by atoms with E-state index in [1.165, 1.54) is 22.7 Å². The van der Waals surface area contributed by atoms with Crippen LogP contribution in [-0.2, 0) is 0 Å². The maximum atomic E-state index is 11.0. The van der Waals surface area contributed by atoms with Gasteiger partial charge in [-0.2, -0.15) is 5.10 Å². The highest BCUT2D eigenvalue weighted by molar-refractivity contribution is 6.67. The third-order valence-electron chi connectivity index (χ3n) is 1.64. The molecule has 0 fully saturated rings. The molecule has 5 nitrogen and oxygen atoms in total. The minimum Gasteiger partial charge on any atom is -0.276 e. The molecule has 0 saturated carbocycles.